The number of aliphatic hydroxyl groups is 1. The van der Waals surface area contributed by atoms with E-state index in [-0.39, 0.29) is 0 Å². The molecular formula is C9H14N2O. The lowest BCUT2D eigenvalue weighted by Crippen LogP contribution is -2.05. The molecule has 0 radical (unpaired) electrons. The third-order valence-electron chi connectivity index (χ3n) is 1.74. The summed E-state index contributed by atoms with van der Waals surface area (Å²) in [6, 6.07) is 1.81. The van der Waals surface area contributed by atoms with E-state index in [2.05, 4.69) is 11.7 Å². The van der Waals surface area contributed by atoms with E-state index in [1.165, 1.54) is 0 Å². The maximum absolute atomic E-state index is 9.64. The Morgan fingerprint density at radius 1 is 1.83 bits per heavy atom. The summed E-state index contributed by atoms with van der Waals surface area (Å²) < 4.78 is 1.67. The molecule has 1 rings (SSSR count). The average Bonchev–Trinajstić information content (AvgIpc) is 2.33. The van der Waals surface area contributed by atoms with Crippen molar-refractivity contribution in [3.05, 3.63) is 30.1 Å². The van der Waals surface area contributed by atoms with Gasteiger partial charge in [0, 0.05) is 13.2 Å². The first-order valence-corrected chi connectivity index (χ1v) is 3.91. The first kappa shape index (κ1) is 9.00. The largest absolute Gasteiger partial charge is 0.386 e. The van der Waals surface area contributed by atoms with Gasteiger partial charge in [-0.2, -0.15) is 5.10 Å². The summed E-state index contributed by atoms with van der Waals surface area (Å²) in [5.41, 5.74) is 1.81. The number of rotatable bonds is 3. The molecule has 0 aliphatic rings. The molecule has 1 unspecified atom stereocenters. The average molecular weight is 166 g/mol. The van der Waals surface area contributed by atoms with Crippen molar-refractivity contribution in [3.63, 3.8) is 0 Å². The standard InChI is InChI=1S/C9H14N2O/c1-7(2)6-9(12)8-4-5-10-11(8)3/h4-5,9,12H,1,6H2,2-3H3. The van der Waals surface area contributed by atoms with Crippen molar-refractivity contribution >= 4 is 0 Å². The van der Waals surface area contributed by atoms with Gasteiger partial charge in [0.1, 0.15) is 0 Å². The van der Waals surface area contributed by atoms with E-state index in [4.69, 9.17) is 0 Å². The van der Waals surface area contributed by atoms with Gasteiger partial charge in [-0.25, -0.2) is 0 Å². The molecule has 66 valence electrons. The first-order chi connectivity index (χ1) is 5.61. The van der Waals surface area contributed by atoms with Gasteiger partial charge in [-0.1, -0.05) is 5.57 Å². The maximum atomic E-state index is 9.64. The van der Waals surface area contributed by atoms with Crippen molar-refractivity contribution in [2.24, 2.45) is 7.05 Å². The predicted molar refractivity (Wildman–Crippen MR) is 47.6 cm³/mol. The summed E-state index contributed by atoms with van der Waals surface area (Å²) in [6.45, 7) is 5.65. The molecule has 3 heteroatoms. The molecule has 0 aliphatic heterocycles. The lowest BCUT2D eigenvalue weighted by atomic mass is 10.1. The van der Waals surface area contributed by atoms with Crippen molar-refractivity contribution in [1.29, 1.82) is 0 Å². The van der Waals surface area contributed by atoms with Crippen molar-refractivity contribution in [3.8, 4) is 0 Å². The molecule has 1 heterocycles. The maximum Gasteiger partial charge on any atom is 0.0993 e. The number of aryl methyl sites for hydroxylation is 1. The van der Waals surface area contributed by atoms with Crippen LogP contribution in [0.2, 0.25) is 0 Å². The number of nitrogens with zero attached hydrogens (tertiary/aromatic N) is 2. The van der Waals surface area contributed by atoms with E-state index in [0.717, 1.165) is 11.3 Å². The second-order valence-corrected chi connectivity index (χ2v) is 3.06. The van der Waals surface area contributed by atoms with Gasteiger partial charge in [-0.15, -0.1) is 6.58 Å². The Morgan fingerprint density at radius 2 is 2.50 bits per heavy atom. The Kier molecular flexibility index (Phi) is 2.65. The fourth-order valence-corrected chi connectivity index (χ4v) is 1.15. The molecule has 0 bridgehead atoms. The molecular weight excluding hydrogens is 152 g/mol. The predicted octanol–water partition coefficient (Wildman–Crippen LogP) is 1.42. The summed E-state index contributed by atoms with van der Waals surface area (Å²) in [5, 5.41) is 13.6. The third-order valence-corrected chi connectivity index (χ3v) is 1.74. The van der Waals surface area contributed by atoms with Crippen molar-refractivity contribution in [2.75, 3.05) is 0 Å². The van der Waals surface area contributed by atoms with Crippen LogP contribution in [0.15, 0.2) is 24.4 Å². The van der Waals surface area contributed by atoms with Gasteiger partial charge in [0.25, 0.3) is 0 Å². The molecule has 0 spiro atoms. The van der Waals surface area contributed by atoms with Gasteiger partial charge in [0.2, 0.25) is 0 Å². The minimum atomic E-state index is -0.477. The van der Waals surface area contributed by atoms with Crippen LogP contribution in [0.5, 0.6) is 0 Å². The normalized spacial score (nSPS) is 12.9. The van der Waals surface area contributed by atoms with Crippen LogP contribution < -0.4 is 0 Å². The molecule has 1 atom stereocenters. The monoisotopic (exact) mass is 166 g/mol. The van der Waals surface area contributed by atoms with Gasteiger partial charge in [0.15, 0.2) is 0 Å². The second-order valence-electron chi connectivity index (χ2n) is 3.06. The van der Waals surface area contributed by atoms with Crippen molar-refractivity contribution in [2.45, 2.75) is 19.4 Å². The zero-order valence-electron chi connectivity index (χ0n) is 7.49. The van der Waals surface area contributed by atoms with E-state index in [9.17, 15) is 5.11 Å². The Bertz CT molecular complexity index is 278. The van der Waals surface area contributed by atoms with Crippen LogP contribution in [0.1, 0.15) is 25.1 Å². The molecule has 0 aliphatic carbocycles. The molecule has 0 saturated heterocycles. The van der Waals surface area contributed by atoms with E-state index in [0.29, 0.717) is 6.42 Å². The highest BCUT2D eigenvalue weighted by Crippen LogP contribution is 2.18. The Morgan fingerprint density at radius 3 is 2.92 bits per heavy atom. The van der Waals surface area contributed by atoms with Gasteiger partial charge >= 0.3 is 0 Å². The molecule has 1 aromatic heterocycles. The van der Waals surface area contributed by atoms with Crippen molar-refractivity contribution < 1.29 is 5.11 Å². The fourth-order valence-electron chi connectivity index (χ4n) is 1.15. The summed E-state index contributed by atoms with van der Waals surface area (Å²) in [7, 11) is 1.82. The minimum Gasteiger partial charge on any atom is -0.386 e. The van der Waals surface area contributed by atoms with Crippen molar-refractivity contribution in [1.82, 2.24) is 9.78 Å². The van der Waals surface area contributed by atoms with Crippen LogP contribution >= 0.6 is 0 Å². The van der Waals surface area contributed by atoms with Gasteiger partial charge < -0.3 is 5.11 Å². The third kappa shape index (κ3) is 1.95. The number of aromatic nitrogens is 2. The van der Waals surface area contributed by atoms with Gasteiger partial charge in [-0.05, 0) is 19.4 Å². The van der Waals surface area contributed by atoms with E-state index < -0.39 is 6.10 Å². The van der Waals surface area contributed by atoms with Crippen LogP contribution in [0.3, 0.4) is 0 Å². The summed E-state index contributed by atoms with van der Waals surface area (Å²) in [5.74, 6) is 0. The van der Waals surface area contributed by atoms with Gasteiger partial charge in [-0.3, -0.25) is 4.68 Å². The van der Waals surface area contributed by atoms with Crippen LogP contribution in [-0.2, 0) is 7.05 Å². The second kappa shape index (κ2) is 3.54. The van der Waals surface area contributed by atoms with E-state index >= 15 is 0 Å². The lowest BCUT2D eigenvalue weighted by molar-refractivity contribution is 0.168. The Labute approximate surface area is 72.3 Å². The molecule has 1 N–H and O–H groups in total. The zero-order chi connectivity index (χ0) is 9.14. The molecule has 12 heavy (non-hydrogen) atoms. The lowest BCUT2D eigenvalue weighted by Gasteiger charge is -2.09. The molecule has 1 aromatic rings. The smallest absolute Gasteiger partial charge is 0.0993 e. The highest BCUT2D eigenvalue weighted by Gasteiger charge is 2.10. The summed E-state index contributed by atoms with van der Waals surface area (Å²) in [4.78, 5) is 0. The van der Waals surface area contributed by atoms with Crippen LogP contribution in [-0.4, -0.2) is 14.9 Å². The topological polar surface area (TPSA) is 38.1 Å². The quantitative estimate of drug-likeness (QED) is 0.689. The highest BCUT2D eigenvalue weighted by molar-refractivity contribution is 5.07. The molecule has 3 nitrogen and oxygen atoms in total. The Balaban J connectivity index is 2.71. The number of hydrogen-bond donors (Lipinski definition) is 1. The van der Waals surface area contributed by atoms with Gasteiger partial charge in [0.05, 0.1) is 11.8 Å². The number of hydrogen-bond acceptors (Lipinski definition) is 2. The van der Waals surface area contributed by atoms with Crippen LogP contribution in [0.25, 0.3) is 0 Å². The van der Waals surface area contributed by atoms with Crippen LogP contribution in [0.4, 0.5) is 0 Å². The highest BCUT2D eigenvalue weighted by atomic mass is 16.3. The van der Waals surface area contributed by atoms with Crippen LogP contribution in [0, 0.1) is 0 Å². The molecule has 0 aromatic carbocycles. The molecule has 0 fully saturated rings. The molecule has 0 amide bonds. The molecule has 0 saturated carbocycles. The summed E-state index contributed by atoms with van der Waals surface area (Å²) in [6.07, 6.45) is 1.80. The SMILES string of the molecule is C=C(C)CC(O)c1ccnn1C. The van der Waals surface area contributed by atoms with E-state index in [1.54, 1.807) is 10.9 Å². The minimum absolute atomic E-state index is 0.477. The first-order valence-electron chi connectivity index (χ1n) is 3.91. The zero-order valence-corrected chi connectivity index (χ0v) is 7.49. The fraction of sp³-hybridized carbons (Fsp3) is 0.444. The number of aliphatic hydroxyl groups excluding tert-OH is 1. The summed E-state index contributed by atoms with van der Waals surface area (Å²) >= 11 is 0. The Hall–Kier alpha value is -1.09. The van der Waals surface area contributed by atoms with E-state index in [1.807, 2.05) is 20.0 Å².